The summed E-state index contributed by atoms with van der Waals surface area (Å²) in [7, 11) is 0. The summed E-state index contributed by atoms with van der Waals surface area (Å²) in [6.45, 7) is 2.96. The summed E-state index contributed by atoms with van der Waals surface area (Å²) >= 11 is 0. The first-order valence-electron chi connectivity index (χ1n) is 7.73. The number of fused-ring (bicyclic) bond motifs is 3. The van der Waals surface area contributed by atoms with Crippen molar-refractivity contribution in [1.82, 2.24) is 0 Å². The highest BCUT2D eigenvalue weighted by Crippen LogP contribution is 2.47. The zero-order valence-corrected chi connectivity index (χ0v) is 14.1. The fraction of sp³-hybridized carbons (Fsp3) is 0.176. The number of hydrogen-bond acceptors (Lipinski definition) is 8. The molecule has 0 bridgehead atoms. The lowest BCUT2D eigenvalue weighted by Gasteiger charge is -2.08. The number of nitro groups is 1. The molecule has 0 aromatic heterocycles. The second kappa shape index (κ2) is 6.03. The molecule has 134 valence electrons. The minimum Gasteiger partial charge on any atom is -0.399 e. The second-order valence-electron chi connectivity index (χ2n) is 6.01. The Labute approximate surface area is 148 Å². The molecule has 9 nitrogen and oxygen atoms in total. The number of anilines is 3. The molecular formula is C17H17N5O4. The topological polar surface area (TPSA) is 160 Å². The van der Waals surface area contributed by atoms with Crippen LogP contribution in [-0.4, -0.2) is 22.5 Å². The van der Waals surface area contributed by atoms with Gasteiger partial charge in [0.05, 0.1) is 4.92 Å². The number of oxime groups is 1. The SMILES string of the molecule is CC(=O)C(C)O/N=C1\c2cc(N)cc(N)c2-c2c1ccc([N+](=O)[O-])c2N. The maximum Gasteiger partial charge on any atom is 0.292 e. The van der Waals surface area contributed by atoms with Crippen LogP contribution in [0.5, 0.6) is 0 Å². The summed E-state index contributed by atoms with van der Waals surface area (Å²) in [4.78, 5) is 27.3. The molecule has 1 unspecified atom stereocenters. The number of benzene rings is 2. The molecule has 1 aliphatic rings. The Bertz CT molecular complexity index is 984. The van der Waals surface area contributed by atoms with E-state index in [-0.39, 0.29) is 17.2 Å². The van der Waals surface area contributed by atoms with Crippen LogP contribution in [0.3, 0.4) is 0 Å². The Morgan fingerprint density at radius 1 is 1.19 bits per heavy atom. The van der Waals surface area contributed by atoms with E-state index in [0.29, 0.717) is 39.3 Å². The molecule has 0 aliphatic heterocycles. The third-order valence-corrected chi connectivity index (χ3v) is 4.25. The van der Waals surface area contributed by atoms with E-state index >= 15 is 0 Å². The number of nitrogen functional groups attached to an aromatic ring is 3. The van der Waals surface area contributed by atoms with Crippen molar-refractivity contribution < 1.29 is 14.6 Å². The average molecular weight is 355 g/mol. The molecule has 2 aromatic rings. The van der Waals surface area contributed by atoms with Gasteiger partial charge in [0.2, 0.25) is 0 Å². The van der Waals surface area contributed by atoms with Gasteiger partial charge in [-0.05, 0) is 32.0 Å². The number of carbonyl (C=O) groups excluding carboxylic acids is 1. The Balaban J connectivity index is 2.28. The summed E-state index contributed by atoms with van der Waals surface area (Å²) < 4.78 is 0. The molecule has 0 radical (unpaired) electrons. The van der Waals surface area contributed by atoms with Crippen molar-refractivity contribution in [3.63, 3.8) is 0 Å². The van der Waals surface area contributed by atoms with Crippen LogP contribution < -0.4 is 17.2 Å². The van der Waals surface area contributed by atoms with Crippen LogP contribution in [0.4, 0.5) is 22.7 Å². The highest BCUT2D eigenvalue weighted by Gasteiger charge is 2.33. The largest absolute Gasteiger partial charge is 0.399 e. The molecule has 0 fully saturated rings. The van der Waals surface area contributed by atoms with Gasteiger partial charge in [0.15, 0.2) is 11.9 Å². The van der Waals surface area contributed by atoms with Crippen molar-refractivity contribution in [1.29, 1.82) is 0 Å². The van der Waals surface area contributed by atoms with Crippen molar-refractivity contribution in [3.8, 4) is 11.1 Å². The Kier molecular flexibility index (Phi) is 3.99. The monoisotopic (exact) mass is 355 g/mol. The van der Waals surface area contributed by atoms with Crippen LogP contribution in [0.2, 0.25) is 0 Å². The first-order chi connectivity index (χ1) is 12.2. The third-order valence-electron chi connectivity index (χ3n) is 4.25. The molecule has 0 saturated carbocycles. The van der Waals surface area contributed by atoms with Crippen molar-refractivity contribution in [2.24, 2.45) is 5.16 Å². The second-order valence-corrected chi connectivity index (χ2v) is 6.01. The Hall–Kier alpha value is -3.62. The smallest absolute Gasteiger partial charge is 0.292 e. The minimum atomic E-state index is -0.746. The lowest BCUT2D eigenvalue weighted by Crippen LogP contribution is -2.16. The number of carbonyl (C=O) groups is 1. The molecule has 3 rings (SSSR count). The van der Waals surface area contributed by atoms with E-state index in [4.69, 9.17) is 22.0 Å². The van der Waals surface area contributed by atoms with E-state index < -0.39 is 11.0 Å². The highest BCUT2D eigenvalue weighted by atomic mass is 16.6. The average Bonchev–Trinajstić information content (AvgIpc) is 2.86. The van der Waals surface area contributed by atoms with Gasteiger partial charge in [-0.2, -0.15) is 0 Å². The van der Waals surface area contributed by atoms with Crippen molar-refractivity contribution in [3.05, 3.63) is 45.5 Å². The summed E-state index contributed by atoms with van der Waals surface area (Å²) in [5.74, 6) is -0.192. The molecule has 6 N–H and O–H groups in total. The Morgan fingerprint density at radius 2 is 1.88 bits per heavy atom. The van der Waals surface area contributed by atoms with Crippen molar-refractivity contribution >= 4 is 34.2 Å². The summed E-state index contributed by atoms with van der Waals surface area (Å²) in [6, 6.07) is 6.00. The quantitative estimate of drug-likeness (QED) is 0.367. The molecule has 2 aromatic carbocycles. The van der Waals surface area contributed by atoms with Gasteiger partial charge in [0, 0.05) is 39.7 Å². The van der Waals surface area contributed by atoms with Crippen LogP contribution in [-0.2, 0) is 9.63 Å². The zero-order valence-electron chi connectivity index (χ0n) is 14.1. The number of hydrogen-bond donors (Lipinski definition) is 3. The van der Waals surface area contributed by atoms with Crippen LogP contribution >= 0.6 is 0 Å². The molecule has 26 heavy (non-hydrogen) atoms. The lowest BCUT2D eigenvalue weighted by atomic mass is 10.0. The van der Waals surface area contributed by atoms with Gasteiger partial charge in [-0.15, -0.1) is 0 Å². The Morgan fingerprint density at radius 3 is 2.50 bits per heavy atom. The van der Waals surface area contributed by atoms with Crippen LogP contribution in [0.15, 0.2) is 29.4 Å². The summed E-state index contributed by atoms with van der Waals surface area (Å²) in [6.07, 6.45) is -0.746. The molecular weight excluding hydrogens is 338 g/mol. The standard InChI is InChI=1S/C17H17N5O4/c1-7(23)8(2)26-21-17-10-3-4-13(22(24)25)16(20)15(10)14-11(17)5-9(18)6-12(14)19/h3-6,8H,18-20H2,1-2H3/b21-17-. The lowest BCUT2D eigenvalue weighted by molar-refractivity contribution is -0.383. The van der Waals surface area contributed by atoms with E-state index in [1.165, 1.54) is 19.1 Å². The maximum absolute atomic E-state index is 11.4. The fourth-order valence-electron chi connectivity index (χ4n) is 2.84. The number of nitro benzene ring substituents is 1. The first-order valence-corrected chi connectivity index (χ1v) is 7.73. The third kappa shape index (κ3) is 2.59. The summed E-state index contributed by atoms with van der Waals surface area (Å²) in [5, 5.41) is 15.3. The number of nitrogens with two attached hydrogens (primary N) is 3. The van der Waals surface area contributed by atoms with Crippen molar-refractivity contribution in [2.45, 2.75) is 20.0 Å². The predicted molar refractivity (Wildman–Crippen MR) is 98.6 cm³/mol. The van der Waals surface area contributed by atoms with Gasteiger partial charge >= 0.3 is 0 Å². The van der Waals surface area contributed by atoms with E-state index in [1.807, 2.05) is 0 Å². The first kappa shape index (κ1) is 17.2. The van der Waals surface area contributed by atoms with E-state index in [1.54, 1.807) is 19.1 Å². The number of ketones is 1. The van der Waals surface area contributed by atoms with Gasteiger partial charge in [0.25, 0.3) is 5.69 Å². The fourth-order valence-corrected chi connectivity index (χ4v) is 2.84. The van der Waals surface area contributed by atoms with Gasteiger partial charge in [-0.25, -0.2) is 0 Å². The molecule has 0 spiro atoms. The molecule has 1 aliphatic carbocycles. The minimum absolute atomic E-state index is 0.0185. The zero-order chi connectivity index (χ0) is 19.2. The van der Waals surface area contributed by atoms with Gasteiger partial charge in [-0.1, -0.05) is 5.16 Å². The van der Waals surface area contributed by atoms with Gasteiger partial charge in [-0.3, -0.25) is 14.9 Å². The summed E-state index contributed by atoms with van der Waals surface area (Å²) in [5.41, 5.74) is 20.8. The van der Waals surface area contributed by atoms with Crippen LogP contribution in [0.25, 0.3) is 11.1 Å². The van der Waals surface area contributed by atoms with Gasteiger partial charge in [0.1, 0.15) is 11.4 Å². The van der Waals surface area contributed by atoms with E-state index in [0.717, 1.165) is 0 Å². The normalized spacial score (nSPS) is 14.6. The number of nitrogens with zero attached hydrogens (tertiary/aromatic N) is 2. The molecule has 1 atom stereocenters. The molecule has 0 amide bonds. The molecule has 0 heterocycles. The number of rotatable bonds is 4. The van der Waals surface area contributed by atoms with Crippen LogP contribution in [0, 0.1) is 10.1 Å². The van der Waals surface area contributed by atoms with E-state index in [2.05, 4.69) is 5.16 Å². The highest BCUT2D eigenvalue weighted by molar-refractivity contribution is 6.28. The van der Waals surface area contributed by atoms with Gasteiger partial charge < -0.3 is 22.0 Å². The maximum atomic E-state index is 11.4. The van der Waals surface area contributed by atoms with E-state index in [9.17, 15) is 14.9 Å². The van der Waals surface area contributed by atoms with Crippen molar-refractivity contribution in [2.75, 3.05) is 17.2 Å². The van der Waals surface area contributed by atoms with Crippen LogP contribution in [0.1, 0.15) is 25.0 Å². The molecule has 9 heteroatoms. The predicted octanol–water partition coefficient (Wildman–Crippen LogP) is 2.07. The number of Topliss-reactive ketones (excluding diaryl/α,β-unsaturated/α-hetero) is 1. The molecule has 0 saturated heterocycles.